The number of nitrogens with one attached hydrogen (secondary N) is 1. The highest BCUT2D eigenvalue weighted by Gasteiger charge is 2.30. The molecule has 2 aliphatic rings. The third-order valence-corrected chi connectivity index (χ3v) is 2.71. The van der Waals surface area contributed by atoms with Crippen LogP contribution in [0.4, 0.5) is 0 Å². The fourth-order valence-corrected chi connectivity index (χ4v) is 1.84. The first kappa shape index (κ1) is 7.39. The maximum atomic E-state index is 5.58. The molecular weight excluding hydrogens is 162 g/mol. The lowest BCUT2D eigenvalue weighted by atomic mass is 10.1. The lowest BCUT2D eigenvalue weighted by molar-refractivity contribution is 0.310. The van der Waals surface area contributed by atoms with Crippen LogP contribution in [0.1, 0.15) is 24.4 Å². The third kappa shape index (κ3) is 1.31. The van der Waals surface area contributed by atoms with E-state index >= 15 is 0 Å². The standard InChI is InChI=1S/C11H13NO/c1-2-4-11-9(3-1)10(7-13-11)12-8-5-6-8/h1-4,8,10,12H,5-7H2. The lowest BCUT2D eigenvalue weighted by Gasteiger charge is -2.09. The zero-order valence-electron chi connectivity index (χ0n) is 7.49. The van der Waals surface area contributed by atoms with E-state index < -0.39 is 0 Å². The van der Waals surface area contributed by atoms with Gasteiger partial charge in [0.2, 0.25) is 0 Å². The van der Waals surface area contributed by atoms with E-state index in [0.29, 0.717) is 6.04 Å². The number of fused-ring (bicyclic) bond motifs is 1. The van der Waals surface area contributed by atoms with E-state index in [1.807, 2.05) is 12.1 Å². The van der Waals surface area contributed by atoms with Gasteiger partial charge >= 0.3 is 0 Å². The number of hydrogen-bond donors (Lipinski definition) is 1. The molecule has 0 bridgehead atoms. The van der Waals surface area contributed by atoms with Crippen molar-refractivity contribution in [3.8, 4) is 5.75 Å². The molecule has 68 valence electrons. The van der Waals surface area contributed by atoms with E-state index in [9.17, 15) is 0 Å². The fraction of sp³-hybridized carbons (Fsp3) is 0.455. The minimum absolute atomic E-state index is 0.434. The lowest BCUT2D eigenvalue weighted by Crippen LogP contribution is -2.24. The largest absolute Gasteiger partial charge is 0.491 e. The first-order valence-corrected chi connectivity index (χ1v) is 4.91. The van der Waals surface area contributed by atoms with Crippen molar-refractivity contribution >= 4 is 0 Å². The fourth-order valence-electron chi connectivity index (χ4n) is 1.84. The van der Waals surface area contributed by atoms with Crippen LogP contribution in [0, 0.1) is 0 Å². The van der Waals surface area contributed by atoms with Crippen LogP contribution in [-0.2, 0) is 0 Å². The second kappa shape index (κ2) is 2.74. The van der Waals surface area contributed by atoms with Crippen LogP contribution in [0.25, 0.3) is 0 Å². The molecule has 0 radical (unpaired) electrons. The Morgan fingerprint density at radius 1 is 1.23 bits per heavy atom. The molecule has 1 N–H and O–H groups in total. The Labute approximate surface area is 77.9 Å². The molecule has 2 nitrogen and oxygen atoms in total. The number of benzene rings is 1. The van der Waals surface area contributed by atoms with Gasteiger partial charge in [-0.25, -0.2) is 0 Å². The molecule has 1 heterocycles. The van der Waals surface area contributed by atoms with Crippen molar-refractivity contribution in [3.05, 3.63) is 29.8 Å². The molecule has 0 aromatic heterocycles. The van der Waals surface area contributed by atoms with Gasteiger partial charge in [-0.15, -0.1) is 0 Å². The maximum Gasteiger partial charge on any atom is 0.124 e. The minimum Gasteiger partial charge on any atom is -0.491 e. The second-order valence-corrected chi connectivity index (χ2v) is 3.84. The summed E-state index contributed by atoms with van der Waals surface area (Å²) >= 11 is 0. The molecule has 1 aromatic carbocycles. The van der Waals surface area contributed by atoms with Crippen LogP contribution < -0.4 is 10.1 Å². The van der Waals surface area contributed by atoms with Gasteiger partial charge in [-0.1, -0.05) is 18.2 Å². The van der Waals surface area contributed by atoms with E-state index in [-0.39, 0.29) is 0 Å². The topological polar surface area (TPSA) is 21.3 Å². The first-order chi connectivity index (χ1) is 6.43. The molecule has 0 spiro atoms. The summed E-state index contributed by atoms with van der Waals surface area (Å²) in [5.41, 5.74) is 1.33. The van der Waals surface area contributed by atoms with Gasteiger partial charge < -0.3 is 10.1 Å². The Hall–Kier alpha value is -1.02. The van der Waals surface area contributed by atoms with Crippen LogP contribution in [0.5, 0.6) is 5.75 Å². The Morgan fingerprint density at radius 3 is 2.92 bits per heavy atom. The summed E-state index contributed by atoms with van der Waals surface area (Å²) in [4.78, 5) is 0. The molecule has 1 aliphatic carbocycles. The molecule has 1 aromatic rings. The molecule has 3 rings (SSSR count). The van der Waals surface area contributed by atoms with E-state index in [4.69, 9.17) is 4.74 Å². The van der Waals surface area contributed by atoms with E-state index in [0.717, 1.165) is 18.4 Å². The summed E-state index contributed by atoms with van der Waals surface area (Å²) in [7, 11) is 0. The van der Waals surface area contributed by atoms with Gasteiger partial charge in [0.25, 0.3) is 0 Å². The molecule has 1 fully saturated rings. The van der Waals surface area contributed by atoms with Crippen LogP contribution in [0.15, 0.2) is 24.3 Å². The third-order valence-electron chi connectivity index (χ3n) is 2.71. The number of para-hydroxylation sites is 1. The van der Waals surface area contributed by atoms with Crippen molar-refractivity contribution < 1.29 is 4.74 Å². The molecular formula is C11H13NO. The highest BCUT2D eigenvalue weighted by atomic mass is 16.5. The number of ether oxygens (including phenoxy) is 1. The Balaban J connectivity index is 1.84. The van der Waals surface area contributed by atoms with Gasteiger partial charge in [0.15, 0.2) is 0 Å². The van der Waals surface area contributed by atoms with E-state index in [1.54, 1.807) is 0 Å². The van der Waals surface area contributed by atoms with Crippen molar-refractivity contribution in [2.45, 2.75) is 24.9 Å². The summed E-state index contributed by atoms with van der Waals surface area (Å²) in [6.07, 6.45) is 2.66. The van der Waals surface area contributed by atoms with Crippen molar-refractivity contribution in [3.63, 3.8) is 0 Å². The molecule has 0 saturated heterocycles. The molecule has 1 unspecified atom stereocenters. The summed E-state index contributed by atoms with van der Waals surface area (Å²) in [5.74, 6) is 1.06. The van der Waals surface area contributed by atoms with Crippen molar-refractivity contribution in [2.75, 3.05) is 6.61 Å². The van der Waals surface area contributed by atoms with Crippen LogP contribution in [0.3, 0.4) is 0 Å². The molecule has 1 saturated carbocycles. The average Bonchev–Trinajstić information content (AvgIpc) is 2.88. The van der Waals surface area contributed by atoms with Gasteiger partial charge in [0.05, 0.1) is 6.04 Å². The minimum atomic E-state index is 0.434. The number of hydrogen-bond acceptors (Lipinski definition) is 2. The predicted molar refractivity (Wildman–Crippen MR) is 50.8 cm³/mol. The Morgan fingerprint density at radius 2 is 2.08 bits per heavy atom. The molecule has 13 heavy (non-hydrogen) atoms. The zero-order chi connectivity index (χ0) is 8.67. The maximum absolute atomic E-state index is 5.58. The predicted octanol–water partition coefficient (Wildman–Crippen LogP) is 1.87. The Bertz CT molecular complexity index is 320. The number of rotatable bonds is 2. The highest BCUT2D eigenvalue weighted by Crippen LogP contribution is 2.34. The summed E-state index contributed by atoms with van der Waals surface area (Å²) < 4.78 is 5.58. The van der Waals surface area contributed by atoms with Gasteiger partial charge in [0.1, 0.15) is 12.4 Å². The molecule has 1 atom stereocenters. The van der Waals surface area contributed by atoms with Crippen molar-refractivity contribution in [1.29, 1.82) is 0 Å². The zero-order valence-corrected chi connectivity index (χ0v) is 7.49. The second-order valence-electron chi connectivity index (χ2n) is 3.84. The van der Waals surface area contributed by atoms with E-state index in [2.05, 4.69) is 17.4 Å². The molecule has 2 heteroatoms. The average molecular weight is 175 g/mol. The van der Waals surface area contributed by atoms with Gasteiger partial charge in [0, 0.05) is 11.6 Å². The molecule has 0 amide bonds. The summed E-state index contributed by atoms with van der Waals surface area (Å²) in [6, 6.07) is 9.49. The van der Waals surface area contributed by atoms with Crippen molar-refractivity contribution in [1.82, 2.24) is 5.32 Å². The molecule has 1 aliphatic heterocycles. The summed E-state index contributed by atoms with van der Waals surface area (Å²) in [6.45, 7) is 0.801. The van der Waals surface area contributed by atoms with Crippen LogP contribution >= 0.6 is 0 Å². The van der Waals surface area contributed by atoms with E-state index in [1.165, 1.54) is 18.4 Å². The normalized spacial score (nSPS) is 25.4. The summed E-state index contributed by atoms with van der Waals surface area (Å²) in [5, 5.41) is 3.58. The van der Waals surface area contributed by atoms with Gasteiger partial charge in [-0.2, -0.15) is 0 Å². The highest BCUT2D eigenvalue weighted by molar-refractivity contribution is 5.39. The van der Waals surface area contributed by atoms with Gasteiger partial charge in [-0.05, 0) is 18.9 Å². The van der Waals surface area contributed by atoms with Crippen LogP contribution in [0.2, 0.25) is 0 Å². The smallest absolute Gasteiger partial charge is 0.124 e. The van der Waals surface area contributed by atoms with Crippen LogP contribution in [-0.4, -0.2) is 12.6 Å². The quantitative estimate of drug-likeness (QED) is 0.741. The SMILES string of the molecule is c1ccc2c(c1)OCC2NC1CC1. The van der Waals surface area contributed by atoms with Crippen molar-refractivity contribution in [2.24, 2.45) is 0 Å². The Kier molecular flexibility index (Phi) is 1.56. The monoisotopic (exact) mass is 175 g/mol. The van der Waals surface area contributed by atoms with Gasteiger partial charge in [-0.3, -0.25) is 0 Å². The first-order valence-electron chi connectivity index (χ1n) is 4.91.